The molecule has 0 saturated carbocycles. The van der Waals surface area contributed by atoms with Crippen LogP contribution in [0.25, 0.3) is 0 Å². The number of carbonyl (C=O) groups excluding carboxylic acids is 1. The van der Waals surface area contributed by atoms with E-state index in [1.165, 1.54) is 0 Å². The van der Waals surface area contributed by atoms with Gasteiger partial charge in [0.25, 0.3) is 5.91 Å². The lowest BCUT2D eigenvalue weighted by Crippen LogP contribution is -2.17. The van der Waals surface area contributed by atoms with E-state index in [2.05, 4.69) is 21.2 Å². The van der Waals surface area contributed by atoms with Crippen LogP contribution in [0.1, 0.15) is 15.9 Å². The Hall–Kier alpha value is -1.43. The Labute approximate surface area is 135 Å². The second-order valence-electron chi connectivity index (χ2n) is 3.99. The van der Waals surface area contributed by atoms with Gasteiger partial charge in [-0.3, -0.25) is 4.79 Å². The van der Waals surface area contributed by atoms with Crippen molar-refractivity contribution >= 4 is 56.3 Å². The number of benzene rings is 2. The molecule has 0 radical (unpaired) electrons. The summed E-state index contributed by atoms with van der Waals surface area (Å²) in [5.74, 6) is -0.289. The number of hydrogen-bond donors (Lipinski definition) is 2. The number of carbonyl (C=O) groups is 1. The highest BCUT2D eigenvalue weighted by atomic mass is 79.9. The summed E-state index contributed by atoms with van der Waals surface area (Å²) in [6.07, 6.45) is 0. The van der Waals surface area contributed by atoms with Crippen molar-refractivity contribution < 1.29 is 4.79 Å². The molecule has 2 aromatic carbocycles. The number of nitrogens with two attached hydrogens (primary N) is 1. The molecule has 0 aliphatic carbocycles. The van der Waals surface area contributed by atoms with Crippen molar-refractivity contribution in [2.45, 2.75) is 0 Å². The smallest absolute Gasteiger partial charge is 0.256 e. The molecule has 2 aromatic rings. The zero-order chi connectivity index (χ0) is 14.7. The van der Waals surface area contributed by atoms with E-state index < -0.39 is 0 Å². The summed E-state index contributed by atoms with van der Waals surface area (Å²) in [6.45, 7) is 0. The molecule has 0 unspecified atom stereocenters. The van der Waals surface area contributed by atoms with E-state index in [4.69, 9.17) is 29.6 Å². The van der Waals surface area contributed by atoms with Crippen LogP contribution in [0.5, 0.6) is 0 Å². The third kappa shape index (κ3) is 3.36. The van der Waals surface area contributed by atoms with E-state index in [1.807, 2.05) is 0 Å². The molecule has 1 amide bonds. The van der Waals surface area contributed by atoms with Crippen LogP contribution in [-0.2, 0) is 0 Å². The highest BCUT2D eigenvalue weighted by Crippen LogP contribution is 2.23. The highest BCUT2D eigenvalue weighted by molar-refractivity contribution is 9.10. The standard InChI is InChI=1S/C14H10BrClN2OS/c15-11-6-5-8(16)7-10(11)14(19)18-12-4-2-1-3-9(12)13(17)20/h1-7H,(H2,17,20)(H,18,19). The molecule has 0 spiro atoms. The Morgan fingerprint density at radius 2 is 1.90 bits per heavy atom. The molecule has 102 valence electrons. The lowest BCUT2D eigenvalue weighted by molar-refractivity contribution is 0.102. The average molecular weight is 370 g/mol. The van der Waals surface area contributed by atoms with Crippen molar-refractivity contribution in [3.05, 3.63) is 63.1 Å². The molecule has 0 atom stereocenters. The predicted molar refractivity (Wildman–Crippen MR) is 89.4 cm³/mol. The van der Waals surface area contributed by atoms with E-state index in [-0.39, 0.29) is 10.9 Å². The maximum absolute atomic E-state index is 12.3. The van der Waals surface area contributed by atoms with Crippen LogP contribution >= 0.6 is 39.7 Å². The minimum Gasteiger partial charge on any atom is -0.389 e. The summed E-state index contributed by atoms with van der Waals surface area (Å²) in [5.41, 5.74) is 7.26. The second kappa shape index (κ2) is 6.35. The van der Waals surface area contributed by atoms with Crippen molar-refractivity contribution in [1.29, 1.82) is 0 Å². The van der Waals surface area contributed by atoms with Gasteiger partial charge in [-0.2, -0.15) is 0 Å². The number of nitrogens with one attached hydrogen (secondary N) is 1. The summed E-state index contributed by atoms with van der Waals surface area (Å²) in [4.78, 5) is 12.5. The number of hydrogen-bond acceptors (Lipinski definition) is 2. The van der Waals surface area contributed by atoms with E-state index in [0.29, 0.717) is 26.3 Å². The Morgan fingerprint density at radius 1 is 1.20 bits per heavy atom. The molecule has 0 bridgehead atoms. The topological polar surface area (TPSA) is 55.1 Å². The van der Waals surface area contributed by atoms with Gasteiger partial charge in [-0.15, -0.1) is 0 Å². The van der Waals surface area contributed by atoms with E-state index in [9.17, 15) is 4.79 Å². The van der Waals surface area contributed by atoms with Crippen LogP contribution in [0.2, 0.25) is 5.02 Å². The number of amides is 1. The highest BCUT2D eigenvalue weighted by Gasteiger charge is 2.13. The normalized spacial score (nSPS) is 10.1. The molecule has 0 fully saturated rings. The Morgan fingerprint density at radius 3 is 2.60 bits per heavy atom. The fraction of sp³-hybridized carbons (Fsp3) is 0. The maximum Gasteiger partial charge on any atom is 0.256 e. The van der Waals surface area contributed by atoms with Gasteiger partial charge in [0.15, 0.2) is 0 Å². The first kappa shape index (κ1) is 15.0. The monoisotopic (exact) mass is 368 g/mol. The van der Waals surface area contributed by atoms with E-state index >= 15 is 0 Å². The first-order chi connectivity index (χ1) is 9.49. The number of para-hydroxylation sites is 1. The summed E-state index contributed by atoms with van der Waals surface area (Å²) in [5, 5.41) is 3.27. The summed E-state index contributed by atoms with van der Waals surface area (Å²) in [6, 6.07) is 12.1. The number of rotatable bonds is 3. The van der Waals surface area contributed by atoms with Gasteiger partial charge < -0.3 is 11.1 Å². The van der Waals surface area contributed by atoms with Crippen LogP contribution in [0.3, 0.4) is 0 Å². The largest absolute Gasteiger partial charge is 0.389 e. The molecule has 0 aliphatic rings. The molecular formula is C14H10BrClN2OS. The summed E-state index contributed by atoms with van der Waals surface area (Å²) in [7, 11) is 0. The Balaban J connectivity index is 2.33. The van der Waals surface area contributed by atoms with Crippen LogP contribution in [0.4, 0.5) is 5.69 Å². The van der Waals surface area contributed by atoms with Gasteiger partial charge >= 0.3 is 0 Å². The minimum absolute atomic E-state index is 0.228. The van der Waals surface area contributed by atoms with Crippen molar-refractivity contribution in [3.8, 4) is 0 Å². The van der Waals surface area contributed by atoms with Crippen LogP contribution < -0.4 is 11.1 Å². The molecule has 6 heteroatoms. The fourth-order valence-electron chi connectivity index (χ4n) is 1.67. The first-order valence-corrected chi connectivity index (χ1v) is 7.22. The number of halogens is 2. The Bertz CT molecular complexity index is 691. The fourth-order valence-corrected chi connectivity index (χ4v) is 2.44. The average Bonchev–Trinajstić information content (AvgIpc) is 2.41. The third-order valence-electron chi connectivity index (χ3n) is 2.61. The molecule has 0 aromatic heterocycles. The minimum atomic E-state index is -0.289. The molecule has 20 heavy (non-hydrogen) atoms. The van der Waals surface area contributed by atoms with E-state index in [0.717, 1.165) is 0 Å². The lowest BCUT2D eigenvalue weighted by Gasteiger charge is -2.11. The molecule has 0 saturated heterocycles. The first-order valence-electron chi connectivity index (χ1n) is 5.64. The summed E-state index contributed by atoms with van der Waals surface area (Å²) < 4.78 is 0.659. The van der Waals surface area contributed by atoms with Crippen LogP contribution in [-0.4, -0.2) is 10.9 Å². The van der Waals surface area contributed by atoms with Gasteiger partial charge in [0.05, 0.1) is 11.3 Å². The van der Waals surface area contributed by atoms with Gasteiger partial charge in [-0.1, -0.05) is 36.0 Å². The number of anilines is 1. The molecule has 0 aliphatic heterocycles. The van der Waals surface area contributed by atoms with Gasteiger partial charge in [0.2, 0.25) is 0 Å². The van der Waals surface area contributed by atoms with Gasteiger partial charge in [-0.05, 0) is 46.3 Å². The zero-order valence-corrected chi connectivity index (χ0v) is 13.3. The van der Waals surface area contributed by atoms with Gasteiger partial charge in [0.1, 0.15) is 4.99 Å². The molecule has 3 nitrogen and oxygen atoms in total. The molecular weight excluding hydrogens is 360 g/mol. The van der Waals surface area contributed by atoms with Crippen LogP contribution in [0, 0.1) is 0 Å². The zero-order valence-electron chi connectivity index (χ0n) is 10.2. The number of thiocarbonyl (C=S) groups is 1. The maximum atomic E-state index is 12.3. The lowest BCUT2D eigenvalue weighted by atomic mass is 10.1. The third-order valence-corrected chi connectivity index (χ3v) is 3.76. The van der Waals surface area contributed by atoms with Crippen molar-refractivity contribution in [1.82, 2.24) is 0 Å². The SMILES string of the molecule is NC(=S)c1ccccc1NC(=O)c1cc(Cl)ccc1Br. The Kier molecular flexibility index (Phi) is 4.75. The molecule has 3 N–H and O–H groups in total. The van der Waals surface area contributed by atoms with Crippen molar-refractivity contribution in [2.24, 2.45) is 5.73 Å². The summed E-state index contributed by atoms with van der Waals surface area (Å²) >= 11 is 14.2. The molecule has 2 rings (SSSR count). The van der Waals surface area contributed by atoms with Crippen molar-refractivity contribution in [2.75, 3.05) is 5.32 Å². The quantitative estimate of drug-likeness (QED) is 0.804. The van der Waals surface area contributed by atoms with Gasteiger partial charge in [0, 0.05) is 15.1 Å². The van der Waals surface area contributed by atoms with Gasteiger partial charge in [-0.25, -0.2) is 0 Å². The second-order valence-corrected chi connectivity index (χ2v) is 5.72. The van der Waals surface area contributed by atoms with E-state index in [1.54, 1.807) is 42.5 Å². The van der Waals surface area contributed by atoms with Crippen molar-refractivity contribution in [3.63, 3.8) is 0 Å². The van der Waals surface area contributed by atoms with Crippen LogP contribution in [0.15, 0.2) is 46.9 Å². The molecule has 0 heterocycles. The predicted octanol–water partition coefficient (Wildman–Crippen LogP) is 3.99.